The predicted molar refractivity (Wildman–Crippen MR) is 43.5 cm³/mol. The number of rotatable bonds is 3. The minimum Gasteiger partial charge on any atom is -0.396 e. The Morgan fingerprint density at radius 1 is 1.55 bits per heavy atom. The first-order valence-corrected chi connectivity index (χ1v) is 3.93. The third-order valence-corrected chi connectivity index (χ3v) is 1.86. The van der Waals surface area contributed by atoms with E-state index in [4.69, 9.17) is 5.11 Å². The third-order valence-electron chi connectivity index (χ3n) is 1.86. The zero-order valence-corrected chi connectivity index (χ0v) is 7.02. The van der Waals surface area contributed by atoms with E-state index in [0.717, 1.165) is 17.8 Å². The van der Waals surface area contributed by atoms with Gasteiger partial charge in [0, 0.05) is 12.3 Å². The molecule has 0 aliphatic heterocycles. The van der Waals surface area contributed by atoms with Crippen LogP contribution in [0.2, 0.25) is 0 Å². The van der Waals surface area contributed by atoms with Crippen LogP contribution in [-0.4, -0.2) is 21.9 Å². The Bertz CT molecular complexity index is 230. The van der Waals surface area contributed by atoms with Crippen molar-refractivity contribution in [1.82, 2.24) is 10.2 Å². The van der Waals surface area contributed by atoms with Crippen LogP contribution in [0.15, 0.2) is 0 Å². The summed E-state index contributed by atoms with van der Waals surface area (Å²) in [7, 11) is 0. The smallest absolute Gasteiger partial charge is 0.0654 e. The molecule has 2 N–H and O–H groups in total. The number of aromatic nitrogens is 2. The van der Waals surface area contributed by atoms with E-state index in [-0.39, 0.29) is 6.61 Å². The minimum atomic E-state index is 0.202. The van der Waals surface area contributed by atoms with Gasteiger partial charge in [0.25, 0.3) is 0 Å². The Morgan fingerprint density at radius 3 is 2.82 bits per heavy atom. The highest BCUT2D eigenvalue weighted by molar-refractivity contribution is 5.24. The van der Waals surface area contributed by atoms with E-state index in [2.05, 4.69) is 17.1 Å². The molecule has 0 saturated heterocycles. The summed E-state index contributed by atoms with van der Waals surface area (Å²) < 4.78 is 0. The fraction of sp³-hybridized carbons (Fsp3) is 0.625. The first-order chi connectivity index (χ1) is 5.29. The summed E-state index contributed by atoms with van der Waals surface area (Å²) in [6.45, 7) is 4.25. The SMILES string of the molecule is CCc1n[nH]c(C)c1CCO. The van der Waals surface area contributed by atoms with Crippen LogP contribution in [0.3, 0.4) is 0 Å². The Labute approximate surface area is 66.4 Å². The summed E-state index contributed by atoms with van der Waals surface area (Å²) in [5.41, 5.74) is 3.34. The zero-order chi connectivity index (χ0) is 8.27. The molecule has 0 spiro atoms. The van der Waals surface area contributed by atoms with Crippen molar-refractivity contribution in [2.75, 3.05) is 6.61 Å². The van der Waals surface area contributed by atoms with Crippen molar-refractivity contribution in [1.29, 1.82) is 0 Å². The molecule has 0 fully saturated rings. The number of aromatic amines is 1. The van der Waals surface area contributed by atoms with Gasteiger partial charge in [0.2, 0.25) is 0 Å². The third kappa shape index (κ3) is 1.60. The molecule has 1 rings (SSSR count). The fourth-order valence-corrected chi connectivity index (χ4v) is 1.24. The van der Waals surface area contributed by atoms with E-state index in [1.54, 1.807) is 0 Å². The normalized spacial score (nSPS) is 10.5. The van der Waals surface area contributed by atoms with Crippen molar-refractivity contribution in [2.45, 2.75) is 26.7 Å². The summed E-state index contributed by atoms with van der Waals surface area (Å²) >= 11 is 0. The first kappa shape index (κ1) is 8.27. The molecule has 1 aromatic rings. The number of nitrogens with one attached hydrogen (secondary N) is 1. The van der Waals surface area contributed by atoms with Gasteiger partial charge in [-0.25, -0.2) is 0 Å². The van der Waals surface area contributed by atoms with Gasteiger partial charge in [-0.15, -0.1) is 0 Å². The molecular weight excluding hydrogens is 140 g/mol. The van der Waals surface area contributed by atoms with E-state index in [9.17, 15) is 0 Å². The molecule has 0 aliphatic rings. The number of aliphatic hydroxyl groups excluding tert-OH is 1. The molecular formula is C8H14N2O. The van der Waals surface area contributed by atoms with E-state index in [1.807, 2.05) is 6.92 Å². The maximum absolute atomic E-state index is 8.74. The van der Waals surface area contributed by atoms with E-state index < -0.39 is 0 Å². The van der Waals surface area contributed by atoms with Crippen LogP contribution >= 0.6 is 0 Å². The van der Waals surface area contributed by atoms with Crippen LogP contribution < -0.4 is 0 Å². The van der Waals surface area contributed by atoms with E-state index >= 15 is 0 Å². The van der Waals surface area contributed by atoms with Crippen LogP contribution in [0, 0.1) is 6.92 Å². The lowest BCUT2D eigenvalue weighted by Crippen LogP contribution is -1.95. The second-order valence-electron chi connectivity index (χ2n) is 2.60. The summed E-state index contributed by atoms with van der Waals surface area (Å²) in [4.78, 5) is 0. The highest BCUT2D eigenvalue weighted by Gasteiger charge is 2.06. The molecule has 3 heteroatoms. The van der Waals surface area contributed by atoms with Crippen molar-refractivity contribution < 1.29 is 5.11 Å². The molecule has 62 valence electrons. The van der Waals surface area contributed by atoms with Crippen LogP contribution in [0.5, 0.6) is 0 Å². The maximum atomic E-state index is 8.74. The molecule has 0 bridgehead atoms. The van der Waals surface area contributed by atoms with Gasteiger partial charge in [0.05, 0.1) is 5.69 Å². The lowest BCUT2D eigenvalue weighted by Gasteiger charge is -1.97. The summed E-state index contributed by atoms with van der Waals surface area (Å²) in [5, 5.41) is 15.8. The van der Waals surface area contributed by atoms with Gasteiger partial charge in [0.1, 0.15) is 0 Å². The zero-order valence-electron chi connectivity index (χ0n) is 7.02. The molecule has 0 aromatic carbocycles. The van der Waals surface area contributed by atoms with E-state index in [1.165, 1.54) is 5.56 Å². The fourth-order valence-electron chi connectivity index (χ4n) is 1.24. The average Bonchev–Trinajstić information content (AvgIpc) is 2.34. The summed E-state index contributed by atoms with van der Waals surface area (Å²) in [6, 6.07) is 0. The van der Waals surface area contributed by atoms with E-state index in [0.29, 0.717) is 6.42 Å². The van der Waals surface area contributed by atoms with Crippen LogP contribution in [-0.2, 0) is 12.8 Å². The van der Waals surface area contributed by atoms with Gasteiger partial charge in [-0.2, -0.15) is 5.10 Å². The number of aryl methyl sites for hydroxylation is 2. The molecule has 0 radical (unpaired) electrons. The summed E-state index contributed by atoms with van der Waals surface area (Å²) in [6.07, 6.45) is 1.64. The second kappa shape index (κ2) is 3.53. The van der Waals surface area contributed by atoms with Gasteiger partial charge < -0.3 is 5.11 Å². The Balaban J connectivity index is 2.88. The number of aliphatic hydroxyl groups is 1. The van der Waals surface area contributed by atoms with Crippen LogP contribution in [0.25, 0.3) is 0 Å². The Morgan fingerprint density at radius 2 is 2.27 bits per heavy atom. The molecule has 1 aromatic heterocycles. The Hall–Kier alpha value is -0.830. The maximum Gasteiger partial charge on any atom is 0.0654 e. The highest BCUT2D eigenvalue weighted by Crippen LogP contribution is 2.10. The van der Waals surface area contributed by atoms with Crippen molar-refractivity contribution in [3.8, 4) is 0 Å². The molecule has 1 heterocycles. The van der Waals surface area contributed by atoms with Crippen molar-refractivity contribution in [2.24, 2.45) is 0 Å². The van der Waals surface area contributed by atoms with Crippen molar-refractivity contribution in [3.05, 3.63) is 17.0 Å². The quantitative estimate of drug-likeness (QED) is 0.677. The highest BCUT2D eigenvalue weighted by atomic mass is 16.2. The minimum absolute atomic E-state index is 0.202. The monoisotopic (exact) mass is 154 g/mol. The average molecular weight is 154 g/mol. The Kier molecular flexibility index (Phi) is 2.65. The second-order valence-corrected chi connectivity index (χ2v) is 2.60. The molecule has 0 atom stereocenters. The van der Waals surface area contributed by atoms with Crippen molar-refractivity contribution in [3.63, 3.8) is 0 Å². The predicted octanol–water partition coefficient (Wildman–Crippen LogP) is 0.815. The molecule has 0 amide bonds. The van der Waals surface area contributed by atoms with Gasteiger partial charge >= 0.3 is 0 Å². The largest absolute Gasteiger partial charge is 0.396 e. The number of nitrogens with zero attached hydrogens (tertiary/aromatic N) is 1. The lowest BCUT2D eigenvalue weighted by molar-refractivity contribution is 0.299. The van der Waals surface area contributed by atoms with Crippen LogP contribution in [0.1, 0.15) is 23.9 Å². The standard InChI is InChI=1S/C8H14N2O/c1-3-8-7(4-5-11)6(2)9-10-8/h11H,3-5H2,1-2H3,(H,9,10). The number of hydrogen-bond donors (Lipinski definition) is 2. The molecule has 11 heavy (non-hydrogen) atoms. The number of H-pyrrole nitrogens is 1. The van der Waals surface area contributed by atoms with Crippen molar-refractivity contribution >= 4 is 0 Å². The molecule has 0 aliphatic carbocycles. The first-order valence-electron chi connectivity index (χ1n) is 3.93. The molecule has 0 saturated carbocycles. The van der Waals surface area contributed by atoms with Crippen LogP contribution in [0.4, 0.5) is 0 Å². The van der Waals surface area contributed by atoms with Gasteiger partial charge in [-0.1, -0.05) is 6.92 Å². The lowest BCUT2D eigenvalue weighted by atomic mass is 10.1. The molecule has 0 unspecified atom stereocenters. The number of hydrogen-bond acceptors (Lipinski definition) is 2. The topological polar surface area (TPSA) is 48.9 Å². The van der Waals surface area contributed by atoms with Gasteiger partial charge in [-0.3, -0.25) is 5.10 Å². The molecule has 3 nitrogen and oxygen atoms in total. The summed E-state index contributed by atoms with van der Waals surface area (Å²) in [5.74, 6) is 0. The van der Waals surface area contributed by atoms with Gasteiger partial charge in [0.15, 0.2) is 0 Å². The van der Waals surface area contributed by atoms with Gasteiger partial charge in [-0.05, 0) is 25.3 Å².